The summed E-state index contributed by atoms with van der Waals surface area (Å²) in [5, 5.41) is 3.84. The average molecular weight is 534 g/mol. The van der Waals surface area contributed by atoms with E-state index in [1.165, 1.54) is 22.7 Å². The molecule has 5 nitrogen and oxygen atoms in total. The maximum atomic E-state index is 13.1. The molecular weight excluding hydrogens is 520 g/mol. The molecule has 1 fully saturated rings. The summed E-state index contributed by atoms with van der Waals surface area (Å²) in [4.78, 5) is 27.8. The van der Waals surface area contributed by atoms with Crippen molar-refractivity contribution < 1.29 is 14.0 Å². The first-order chi connectivity index (χ1) is 14.8. The van der Waals surface area contributed by atoms with Crippen molar-refractivity contribution in [3.63, 3.8) is 0 Å². The molecule has 3 aromatic rings. The van der Waals surface area contributed by atoms with Gasteiger partial charge >= 0.3 is 0 Å². The van der Waals surface area contributed by atoms with E-state index < -0.39 is 11.8 Å². The second kappa shape index (κ2) is 9.00. The SMILES string of the molecule is Cc1cccc(N2C(=O)/C(=C/c3cc(Br)c(Sc4ccc(Cl)cc4)o3)C(=O)NC2=S)c1. The normalized spacial score (nSPS) is 15.5. The van der Waals surface area contributed by atoms with Crippen LogP contribution in [-0.2, 0) is 9.59 Å². The van der Waals surface area contributed by atoms with Crippen molar-refractivity contribution in [2.24, 2.45) is 0 Å². The van der Waals surface area contributed by atoms with Gasteiger partial charge in [-0.3, -0.25) is 19.8 Å². The minimum atomic E-state index is -0.571. The second-order valence-corrected chi connectivity index (χ2v) is 9.36. The molecule has 1 aliphatic rings. The number of anilines is 1. The minimum Gasteiger partial charge on any atom is -0.449 e. The van der Waals surface area contributed by atoms with Crippen LogP contribution in [0.5, 0.6) is 0 Å². The second-order valence-electron chi connectivity index (χ2n) is 6.64. The lowest BCUT2D eigenvalue weighted by molar-refractivity contribution is -0.122. The zero-order valence-corrected chi connectivity index (χ0v) is 20.0. The van der Waals surface area contributed by atoms with Gasteiger partial charge in [0, 0.05) is 9.92 Å². The molecule has 2 aromatic carbocycles. The Bertz CT molecular complexity index is 1240. The first kappa shape index (κ1) is 21.8. The number of aryl methyl sites for hydroxylation is 1. The Labute approximate surface area is 201 Å². The summed E-state index contributed by atoms with van der Waals surface area (Å²) >= 11 is 16.0. The third-order valence-corrected chi connectivity index (χ3v) is 6.73. The quantitative estimate of drug-likeness (QED) is 0.254. The minimum absolute atomic E-state index is 0.0392. The molecule has 1 saturated heterocycles. The molecular formula is C22H14BrClN2O3S2. The van der Waals surface area contributed by atoms with Crippen LogP contribution in [0.15, 0.2) is 79.0 Å². The third-order valence-electron chi connectivity index (χ3n) is 4.35. The molecule has 1 N–H and O–H groups in total. The van der Waals surface area contributed by atoms with E-state index in [1.54, 1.807) is 24.3 Å². The first-order valence-electron chi connectivity index (χ1n) is 9.03. The molecule has 0 saturated carbocycles. The fourth-order valence-electron chi connectivity index (χ4n) is 2.92. The number of hydrogen-bond acceptors (Lipinski definition) is 5. The van der Waals surface area contributed by atoms with Crippen molar-refractivity contribution >= 4 is 80.2 Å². The molecule has 2 amide bonds. The highest BCUT2D eigenvalue weighted by atomic mass is 79.9. The fraction of sp³-hybridized carbons (Fsp3) is 0.0455. The summed E-state index contributed by atoms with van der Waals surface area (Å²) in [5.74, 6) is -0.726. The Morgan fingerprint density at radius 3 is 2.61 bits per heavy atom. The van der Waals surface area contributed by atoms with E-state index in [4.69, 9.17) is 28.2 Å². The fourth-order valence-corrected chi connectivity index (χ4v) is 4.66. The molecule has 9 heteroatoms. The van der Waals surface area contributed by atoms with Gasteiger partial charge < -0.3 is 4.42 Å². The van der Waals surface area contributed by atoms with Crippen LogP contribution in [0.1, 0.15) is 11.3 Å². The molecule has 0 spiro atoms. The molecule has 2 heterocycles. The third kappa shape index (κ3) is 4.77. The van der Waals surface area contributed by atoms with Gasteiger partial charge in [-0.25, -0.2) is 0 Å². The molecule has 0 atom stereocenters. The molecule has 0 unspecified atom stereocenters. The largest absolute Gasteiger partial charge is 0.449 e. The lowest BCUT2D eigenvalue weighted by Crippen LogP contribution is -2.54. The van der Waals surface area contributed by atoms with E-state index in [0.29, 0.717) is 26.0 Å². The predicted molar refractivity (Wildman–Crippen MR) is 129 cm³/mol. The number of nitrogens with one attached hydrogen (secondary N) is 1. The standard InChI is InChI=1S/C22H14BrClN2O3S2/c1-12-3-2-4-14(9-12)26-20(28)17(19(27)25-22(26)30)10-15-11-18(23)21(29-15)31-16-7-5-13(24)6-8-16/h2-11H,1H3,(H,25,27,30)/b17-10+. The zero-order chi connectivity index (χ0) is 22.1. The monoisotopic (exact) mass is 532 g/mol. The Kier molecular flexibility index (Phi) is 6.34. The number of thiocarbonyl (C=S) groups is 1. The van der Waals surface area contributed by atoms with Gasteiger partial charge in [-0.15, -0.1) is 0 Å². The highest BCUT2D eigenvalue weighted by Crippen LogP contribution is 2.37. The van der Waals surface area contributed by atoms with Gasteiger partial charge in [-0.1, -0.05) is 35.5 Å². The van der Waals surface area contributed by atoms with Crippen molar-refractivity contribution in [1.82, 2.24) is 5.32 Å². The van der Waals surface area contributed by atoms with Gasteiger partial charge in [0.1, 0.15) is 11.3 Å². The summed E-state index contributed by atoms with van der Waals surface area (Å²) in [5.41, 5.74) is 1.48. The number of rotatable bonds is 4. The molecule has 0 aliphatic carbocycles. The summed E-state index contributed by atoms with van der Waals surface area (Å²) in [7, 11) is 0. The van der Waals surface area contributed by atoms with E-state index in [1.807, 2.05) is 37.3 Å². The van der Waals surface area contributed by atoms with E-state index >= 15 is 0 Å². The number of nitrogens with zero attached hydrogens (tertiary/aromatic N) is 1. The van der Waals surface area contributed by atoms with Crippen LogP contribution in [-0.4, -0.2) is 16.9 Å². The number of hydrogen-bond donors (Lipinski definition) is 1. The molecule has 4 rings (SSSR count). The molecule has 0 radical (unpaired) electrons. The number of carbonyl (C=O) groups is 2. The van der Waals surface area contributed by atoms with Crippen LogP contribution in [0.25, 0.3) is 6.08 Å². The van der Waals surface area contributed by atoms with Crippen LogP contribution in [0.2, 0.25) is 5.02 Å². The Hall–Kier alpha value is -2.39. The summed E-state index contributed by atoms with van der Waals surface area (Å²) in [6.45, 7) is 1.91. The highest BCUT2D eigenvalue weighted by Gasteiger charge is 2.34. The summed E-state index contributed by atoms with van der Waals surface area (Å²) in [6.07, 6.45) is 1.42. The van der Waals surface area contributed by atoms with Gasteiger partial charge in [0.15, 0.2) is 10.2 Å². The topological polar surface area (TPSA) is 62.6 Å². The molecule has 1 aromatic heterocycles. The lowest BCUT2D eigenvalue weighted by atomic mass is 10.1. The predicted octanol–water partition coefficient (Wildman–Crippen LogP) is 5.99. The van der Waals surface area contributed by atoms with Crippen LogP contribution < -0.4 is 10.2 Å². The maximum Gasteiger partial charge on any atom is 0.270 e. The number of carbonyl (C=O) groups excluding carboxylic acids is 2. The van der Waals surface area contributed by atoms with Gasteiger partial charge in [0.05, 0.1) is 10.2 Å². The van der Waals surface area contributed by atoms with E-state index in [9.17, 15) is 9.59 Å². The van der Waals surface area contributed by atoms with E-state index in [-0.39, 0.29) is 10.7 Å². The Morgan fingerprint density at radius 1 is 1.16 bits per heavy atom. The number of halogens is 2. The van der Waals surface area contributed by atoms with Crippen molar-refractivity contribution in [3.8, 4) is 0 Å². The average Bonchev–Trinajstić information content (AvgIpc) is 3.06. The van der Waals surface area contributed by atoms with Crippen LogP contribution >= 0.6 is 51.5 Å². The zero-order valence-electron chi connectivity index (χ0n) is 16.0. The molecule has 31 heavy (non-hydrogen) atoms. The van der Waals surface area contributed by atoms with Crippen LogP contribution in [0, 0.1) is 6.92 Å². The molecule has 156 valence electrons. The maximum absolute atomic E-state index is 13.1. The summed E-state index contributed by atoms with van der Waals surface area (Å²) < 4.78 is 6.56. The van der Waals surface area contributed by atoms with Gasteiger partial charge in [0.25, 0.3) is 11.8 Å². The Balaban J connectivity index is 1.64. The van der Waals surface area contributed by atoms with Gasteiger partial charge in [-0.05, 0) is 89.2 Å². The van der Waals surface area contributed by atoms with Gasteiger partial charge in [-0.2, -0.15) is 0 Å². The van der Waals surface area contributed by atoms with Crippen molar-refractivity contribution in [3.05, 3.63) is 81.0 Å². The first-order valence-corrected chi connectivity index (χ1v) is 11.4. The van der Waals surface area contributed by atoms with Crippen molar-refractivity contribution in [2.45, 2.75) is 16.9 Å². The molecule has 0 bridgehead atoms. The summed E-state index contributed by atoms with van der Waals surface area (Å²) in [6, 6.07) is 16.4. The Morgan fingerprint density at radius 2 is 1.90 bits per heavy atom. The number of benzene rings is 2. The van der Waals surface area contributed by atoms with Crippen molar-refractivity contribution in [2.75, 3.05) is 4.90 Å². The van der Waals surface area contributed by atoms with Crippen LogP contribution in [0.3, 0.4) is 0 Å². The number of amides is 2. The van der Waals surface area contributed by atoms with Crippen molar-refractivity contribution in [1.29, 1.82) is 0 Å². The van der Waals surface area contributed by atoms with E-state index in [0.717, 1.165) is 10.5 Å². The van der Waals surface area contributed by atoms with Gasteiger partial charge in [0.2, 0.25) is 0 Å². The molecule has 1 aliphatic heterocycles. The smallest absolute Gasteiger partial charge is 0.270 e. The number of furan rings is 1. The van der Waals surface area contributed by atoms with E-state index in [2.05, 4.69) is 21.2 Å². The van der Waals surface area contributed by atoms with Crippen LogP contribution in [0.4, 0.5) is 5.69 Å². The lowest BCUT2D eigenvalue weighted by Gasteiger charge is -2.28. The highest BCUT2D eigenvalue weighted by molar-refractivity contribution is 9.10.